The normalized spacial score (nSPS) is 13.3. The molecule has 4 aromatic rings. The van der Waals surface area contributed by atoms with Crippen LogP contribution in [-0.2, 0) is 10.0 Å². The molecule has 1 amide bonds. The predicted octanol–water partition coefficient (Wildman–Crippen LogP) is 3.29. The molecule has 1 aliphatic rings. The number of sulfonamides is 1. The fourth-order valence-corrected chi connectivity index (χ4v) is 4.69. The zero-order valence-corrected chi connectivity index (χ0v) is 19.4. The summed E-state index contributed by atoms with van der Waals surface area (Å²) in [4.78, 5) is 16.8. The molecule has 1 aromatic heterocycles. The highest BCUT2D eigenvalue weighted by atomic mass is 32.2. The Balaban J connectivity index is 1.28. The first-order valence-corrected chi connectivity index (χ1v) is 12.2. The second-order valence-corrected chi connectivity index (χ2v) is 9.51. The topological polar surface area (TPSA) is 124 Å². The lowest BCUT2D eigenvalue weighted by Crippen LogP contribution is -2.27. The minimum atomic E-state index is -3.93. The molecule has 0 bridgehead atoms. The average molecular weight is 492 g/mol. The lowest BCUT2D eigenvalue weighted by atomic mass is 10.1. The average Bonchev–Trinajstić information content (AvgIpc) is 3.56. The number of amides is 1. The number of aromatic nitrogens is 3. The Hall–Kier alpha value is -4.38. The molecule has 5 rings (SSSR count). The molecule has 2 heterocycles. The van der Waals surface area contributed by atoms with Gasteiger partial charge in [-0.05, 0) is 55.0 Å². The predicted molar refractivity (Wildman–Crippen MR) is 127 cm³/mol. The van der Waals surface area contributed by atoms with Gasteiger partial charge in [0.1, 0.15) is 12.7 Å². The summed E-state index contributed by atoms with van der Waals surface area (Å²) in [5.74, 6) is 0.619. The van der Waals surface area contributed by atoms with Crippen molar-refractivity contribution in [3.05, 3.63) is 90.5 Å². The van der Waals surface area contributed by atoms with Crippen molar-refractivity contribution in [2.24, 2.45) is 0 Å². The summed E-state index contributed by atoms with van der Waals surface area (Å²) in [6.45, 7) is 1.94. The molecule has 0 aliphatic carbocycles. The van der Waals surface area contributed by atoms with Crippen LogP contribution in [0.2, 0.25) is 0 Å². The zero-order valence-electron chi connectivity index (χ0n) is 18.6. The Morgan fingerprint density at radius 3 is 2.60 bits per heavy atom. The Labute approximate surface area is 201 Å². The first-order valence-electron chi connectivity index (χ1n) is 10.7. The number of carbonyl (C=O) groups excluding carboxylic acids is 1. The van der Waals surface area contributed by atoms with Crippen LogP contribution in [0.1, 0.15) is 28.9 Å². The Morgan fingerprint density at radius 2 is 1.83 bits per heavy atom. The number of anilines is 1. The first kappa shape index (κ1) is 22.4. The van der Waals surface area contributed by atoms with Crippen molar-refractivity contribution < 1.29 is 22.7 Å². The van der Waals surface area contributed by atoms with Crippen LogP contribution in [-0.4, -0.2) is 35.9 Å². The molecule has 3 aromatic carbocycles. The highest BCUT2D eigenvalue weighted by molar-refractivity contribution is 7.92. The lowest BCUT2D eigenvalue weighted by Gasteiger charge is -2.15. The van der Waals surface area contributed by atoms with Gasteiger partial charge >= 0.3 is 0 Å². The van der Waals surface area contributed by atoms with Crippen LogP contribution < -0.4 is 19.5 Å². The van der Waals surface area contributed by atoms with Crippen molar-refractivity contribution in [2.75, 3.05) is 11.5 Å². The molecule has 0 fully saturated rings. The third-order valence-corrected chi connectivity index (χ3v) is 6.83. The van der Waals surface area contributed by atoms with Crippen molar-refractivity contribution in [3.63, 3.8) is 0 Å². The van der Waals surface area contributed by atoms with E-state index >= 15 is 0 Å². The lowest BCUT2D eigenvalue weighted by molar-refractivity contribution is 0.0939. The summed E-state index contributed by atoms with van der Waals surface area (Å²) in [6.07, 6.45) is 3.05. The Morgan fingerprint density at radius 1 is 1.03 bits per heavy atom. The Bertz CT molecular complexity index is 1470. The molecule has 11 heteroatoms. The van der Waals surface area contributed by atoms with Gasteiger partial charge in [0.2, 0.25) is 6.79 Å². The second-order valence-electron chi connectivity index (χ2n) is 7.83. The van der Waals surface area contributed by atoms with Crippen LogP contribution in [0.25, 0.3) is 5.69 Å². The smallest absolute Gasteiger partial charge is 0.261 e. The van der Waals surface area contributed by atoms with E-state index < -0.39 is 15.9 Å². The molecule has 1 unspecified atom stereocenters. The fraction of sp³-hybridized carbons (Fsp3) is 0.125. The molecular weight excluding hydrogens is 470 g/mol. The van der Waals surface area contributed by atoms with Gasteiger partial charge < -0.3 is 14.8 Å². The SMILES string of the molecule is CC(NC(=O)c1cccc(S(=O)(=O)Nc2ccc3c(c2)OCO3)c1)c1ccc(-n2cncn2)cc1. The van der Waals surface area contributed by atoms with Crippen molar-refractivity contribution in [1.29, 1.82) is 0 Å². The van der Waals surface area contributed by atoms with Gasteiger partial charge in [-0.1, -0.05) is 18.2 Å². The van der Waals surface area contributed by atoms with Gasteiger partial charge in [0.25, 0.3) is 15.9 Å². The quantitative estimate of drug-likeness (QED) is 0.406. The maximum Gasteiger partial charge on any atom is 0.261 e. The van der Waals surface area contributed by atoms with Crippen LogP contribution >= 0.6 is 0 Å². The van der Waals surface area contributed by atoms with E-state index in [1.165, 1.54) is 24.5 Å². The molecule has 0 saturated carbocycles. The minimum Gasteiger partial charge on any atom is -0.454 e. The molecule has 1 aliphatic heterocycles. The van der Waals surface area contributed by atoms with Crippen molar-refractivity contribution in [2.45, 2.75) is 17.9 Å². The zero-order chi connectivity index (χ0) is 24.4. The highest BCUT2D eigenvalue weighted by Gasteiger charge is 2.20. The number of hydrogen-bond acceptors (Lipinski definition) is 7. The third kappa shape index (κ3) is 4.80. The number of fused-ring (bicyclic) bond motifs is 1. The van der Waals surface area contributed by atoms with E-state index in [-0.39, 0.29) is 23.3 Å². The largest absolute Gasteiger partial charge is 0.454 e. The monoisotopic (exact) mass is 491 g/mol. The standard InChI is InChI=1S/C24H21N5O5S/c1-16(17-5-8-20(9-6-17)29-14-25-13-26-29)27-24(30)18-3-2-4-21(11-18)35(31,32)28-19-7-10-22-23(12-19)34-15-33-22/h2-14,16,28H,15H2,1H3,(H,27,30). The van der Waals surface area contributed by atoms with E-state index in [9.17, 15) is 13.2 Å². The summed E-state index contributed by atoms with van der Waals surface area (Å²) >= 11 is 0. The number of nitrogens with zero attached hydrogens (tertiary/aromatic N) is 3. The first-order chi connectivity index (χ1) is 16.9. The van der Waals surface area contributed by atoms with Gasteiger partial charge in [-0.15, -0.1) is 0 Å². The summed E-state index contributed by atoms with van der Waals surface area (Å²) in [5.41, 5.74) is 2.28. The molecule has 1 atom stereocenters. The number of carbonyl (C=O) groups is 1. The van der Waals surface area contributed by atoms with Crippen LogP contribution in [0.4, 0.5) is 5.69 Å². The van der Waals surface area contributed by atoms with Crippen LogP contribution in [0.15, 0.2) is 84.3 Å². The van der Waals surface area contributed by atoms with Gasteiger partial charge in [-0.2, -0.15) is 5.10 Å². The maximum absolute atomic E-state index is 12.9. The summed E-state index contributed by atoms with van der Waals surface area (Å²) < 4.78 is 40.5. The molecule has 2 N–H and O–H groups in total. The van der Waals surface area contributed by atoms with Crippen LogP contribution in [0, 0.1) is 0 Å². The van der Waals surface area contributed by atoms with E-state index in [4.69, 9.17) is 9.47 Å². The summed E-state index contributed by atoms with van der Waals surface area (Å²) in [7, 11) is -3.93. The number of nitrogens with one attached hydrogen (secondary N) is 2. The van der Waals surface area contributed by atoms with E-state index in [0.717, 1.165) is 11.3 Å². The maximum atomic E-state index is 12.9. The van der Waals surface area contributed by atoms with Gasteiger partial charge in [-0.25, -0.2) is 18.1 Å². The van der Waals surface area contributed by atoms with Crippen molar-refractivity contribution in [1.82, 2.24) is 20.1 Å². The molecule has 0 spiro atoms. The summed E-state index contributed by atoms with van der Waals surface area (Å²) in [6, 6.07) is 17.8. The van der Waals surface area contributed by atoms with Crippen LogP contribution in [0.3, 0.4) is 0 Å². The fourth-order valence-electron chi connectivity index (χ4n) is 3.60. The van der Waals surface area contributed by atoms with E-state index in [0.29, 0.717) is 17.2 Å². The van der Waals surface area contributed by atoms with E-state index in [2.05, 4.69) is 20.1 Å². The van der Waals surface area contributed by atoms with Gasteiger partial charge in [0.15, 0.2) is 11.5 Å². The van der Waals surface area contributed by atoms with Gasteiger partial charge in [-0.3, -0.25) is 9.52 Å². The highest BCUT2D eigenvalue weighted by Crippen LogP contribution is 2.34. The van der Waals surface area contributed by atoms with E-state index in [1.54, 1.807) is 35.3 Å². The van der Waals surface area contributed by atoms with Crippen LogP contribution in [0.5, 0.6) is 11.5 Å². The molecule has 10 nitrogen and oxygen atoms in total. The number of benzene rings is 3. The van der Waals surface area contributed by atoms with Gasteiger partial charge in [0.05, 0.1) is 22.3 Å². The third-order valence-electron chi connectivity index (χ3n) is 5.46. The molecule has 0 radical (unpaired) electrons. The second kappa shape index (κ2) is 9.11. The minimum absolute atomic E-state index is 0.0346. The Kier molecular flexibility index (Phi) is 5.83. The number of ether oxygens (including phenoxy) is 2. The number of hydrogen-bond donors (Lipinski definition) is 2. The molecular formula is C24H21N5O5S. The number of rotatable bonds is 7. The molecule has 0 saturated heterocycles. The molecule has 178 valence electrons. The summed E-state index contributed by atoms with van der Waals surface area (Å²) in [5, 5.41) is 6.99. The van der Waals surface area contributed by atoms with Crippen molar-refractivity contribution >= 4 is 21.6 Å². The van der Waals surface area contributed by atoms with Crippen molar-refractivity contribution in [3.8, 4) is 17.2 Å². The van der Waals surface area contributed by atoms with Gasteiger partial charge in [0, 0.05) is 11.6 Å². The molecule has 35 heavy (non-hydrogen) atoms. The van der Waals surface area contributed by atoms with E-state index in [1.807, 2.05) is 31.2 Å².